The van der Waals surface area contributed by atoms with Gasteiger partial charge in [-0.05, 0) is 31.8 Å². The van der Waals surface area contributed by atoms with Crippen LogP contribution < -0.4 is 16.0 Å². The van der Waals surface area contributed by atoms with Gasteiger partial charge in [-0.1, -0.05) is 0 Å². The molecular weight excluding hydrogens is 154 g/mol. The van der Waals surface area contributed by atoms with Gasteiger partial charge in [0.2, 0.25) is 0 Å². The van der Waals surface area contributed by atoms with Crippen LogP contribution in [0.15, 0.2) is 0 Å². The van der Waals surface area contributed by atoms with Gasteiger partial charge < -0.3 is 16.0 Å². The molecule has 0 radical (unpaired) electrons. The third-order valence-electron chi connectivity index (χ3n) is 2.17. The van der Waals surface area contributed by atoms with Crippen LogP contribution in [0.25, 0.3) is 0 Å². The van der Waals surface area contributed by atoms with Crippen molar-refractivity contribution in [3.8, 4) is 0 Å². The number of urea groups is 1. The zero-order chi connectivity index (χ0) is 8.81. The molecule has 0 aromatic heterocycles. The Morgan fingerprint density at radius 3 is 2.83 bits per heavy atom. The zero-order valence-electron chi connectivity index (χ0n) is 7.52. The van der Waals surface area contributed by atoms with Crippen molar-refractivity contribution < 1.29 is 4.79 Å². The Morgan fingerprint density at radius 1 is 1.58 bits per heavy atom. The van der Waals surface area contributed by atoms with Gasteiger partial charge in [0.15, 0.2) is 0 Å². The normalized spacial score (nSPS) is 16.8. The van der Waals surface area contributed by atoms with E-state index in [1.54, 1.807) is 7.05 Å². The predicted molar refractivity (Wildman–Crippen MR) is 48.1 cm³/mol. The fourth-order valence-electron chi connectivity index (χ4n) is 1.23. The number of amides is 2. The maximum Gasteiger partial charge on any atom is 0.314 e. The highest BCUT2D eigenvalue weighted by molar-refractivity contribution is 5.73. The summed E-state index contributed by atoms with van der Waals surface area (Å²) in [7, 11) is 1.63. The minimum absolute atomic E-state index is 0.0817. The van der Waals surface area contributed by atoms with Gasteiger partial charge in [-0.2, -0.15) is 0 Å². The second-order valence-electron chi connectivity index (χ2n) is 3.17. The van der Waals surface area contributed by atoms with E-state index in [9.17, 15) is 4.79 Å². The van der Waals surface area contributed by atoms with E-state index >= 15 is 0 Å². The number of rotatable bonds is 4. The number of hydrogen-bond donors (Lipinski definition) is 3. The SMILES string of the molecule is CNC(=O)NCCCC1CNC1. The lowest BCUT2D eigenvalue weighted by atomic mass is 9.98. The molecule has 1 saturated heterocycles. The van der Waals surface area contributed by atoms with E-state index in [1.807, 2.05) is 0 Å². The Labute approximate surface area is 73.1 Å². The minimum Gasteiger partial charge on any atom is -0.341 e. The molecule has 3 N–H and O–H groups in total. The fraction of sp³-hybridized carbons (Fsp3) is 0.875. The van der Waals surface area contributed by atoms with E-state index in [0.717, 1.165) is 32.0 Å². The van der Waals surface area contributed by atoms with Crippen molar-refractivity contribution in [1.29, 1.82) is 0 Å². The van der Waals surface area contributed by atoms with Gasteiger partial charge in [-0.25, -0.2) is 4.79 Å². The molecule has 4 heteroatoms. The van der Waals surface area contributed by atoms with Crippen LogP contribution in [-0.4, -0.2) is 32.7 Å². The average Bonchev–Trinajstić information content (AvgIpc) is 2.00. The summed E-state index contributed by atoms with van der Waals surface area (Å²) in [5.74, 6) is 0.844. The van der Waals surface area contributed by atoms with E-state index in [0.29, 0.717) is 0 Å². The van der Waals surface area contributed by atoms with Gasteiger partial charge in [-0.15, -0.1) is 0 Å². The summed E-state index contributed by atoms with van der Waals surface area (Å²) < 4.78 is 0. The monoisotopic (exact) mass is 171 g/mol. The van der Waals surface area contributed by atoms with Crippen LogP contribution in [0.5, 0.6) is 0 Å². The quantitative estimate of drug-likeness (QED) is 0.518. The van der Waals surface area contributed by atoms with Crippen LogP contribution in [0.4, 0.5) is 4.79 Å². The van der Waals surface area contributed by atoms with E-state index in [1.165, 1.54) is 6.42 Å². The average molecular weight is 171 g/mol. The standard InChI is InChI=1S/C8H17N3O/c1-9-8(12)11-4-2-3-7-5-10-6-7/h7,10H,2-6H2,1H3,(H2,9,11,12). The molecule has 0 aromatic carbocycles. The summed E-state index contributed by atoms with van der Waals surface area (Å²) >= 11 is 0. The molecule has 0 bridgehead atoms. The van der Waals surface area contributed by atoms with Crippen LogP contribution >= 0.6 is 0 Å². The third kappa shape index (κ3) is 3.09. The summed E-state index contributed by atoms with van der Waals surface area (Å²) in [5.41, 5.74) is 0. The molecule has 12 heavy (non-hydrogen) atoms. The maximum atomic E-state index is 10.7. The van der Waals surface area contributed by atoms with Gasteiger partial charge in [0, 0.05) is 13.6 Å². The number of carbonyl (C=O) groups is 1. The molecule has 0 atom stereocenters. The van der Waals surface area contributed by atoms with Gasteiger partial charge in [0.05, 0.1) is 0 Å². The molecule has 1 fully saturated rings. The van der Waals surface area contributed by atoms with Crippen molar-refractivity contribution >= 4 is 6.03 Å². The highest BCUT2D eigenvalue weighted by Gasteiger charge is 2.15. The fourth-order valence-corrected chi connectivity index (χ4v) is 1.23. The van der Waals surface area contributed by atoms with Gasteiger partial charge >= 0.3 is 6.03 Å². The first-order valence-corrected chi connectivity index (χ1v) is 4.49. The number of carbonyl (C=O) groups excluding carboxylic acids is 1. The lowest BCUT2D eigenvalue weighted by molar-refractivity contribution is 0.241. The minimum atomic E-state index is -0.0817. The molecule has 70 valence electrons. The smallest absolute Gasteiger partial charge is 0.314 e. The highest BCUT2D eigenvalue weighted by atomic mass is 16.2. The third-order valence-corrected chi connectivity index (χ3v) is 2.17. The Balaban J connectivity index is 1.85. The second-order valence-corrected chi connectivity index (χ2v) is 3.17. The van der Waals surface area contributed by atoms with Crippen LogP contribution in [0.3, 0.4) is 0 Å². The summed E-state index contributed by atoms with van der Waals surface area (Å²) in [6.45, 7) is 3.09. The molecule has 1 heterocycles. The molecule has 0 saturated carbocycles. The first-order valence-electron chi connectivity index (χ1n) is 4.49. The summed E-state index contributed by atoms with van der Waals surface area (Å²) in [5, 5.41) is 8.51. The van der Waals surface area contributed by atoms with Crippen LogP contribution in [0.2, 0.25) is 0 Å². The van der Waals surface area contributed by atoms with E-state index in [-0.39, 0.29) is 6.03 Å². The molecule has 1 aliphatic heterocycles. The molecule has 0 spiro atoms. The van der Waals surface area contributed by atoms with E-state index in [4.69, 9.17) is 0 Å². The lowest BCUT2D eigenvalue weighted by Crippen LogP contribution is -2.42. The number of hydrogen-bond acceptors (Lipinski definition) is 2. The van der Waals surface area contributed by atoms with Crippen LogP contribution in [0, 0.1) is 5.92 Å². The number of nitrogens with one attached hydrogen (secondary N) is 3. The lowest BCUT2D eigenvalue weighted by Gasteiger charge is -2.26. The maximum absolute atomic E-state index is 10.7. The van der Waals surface area contributed by atoms with Crippen molar-refractivity contribution in [1.82, 2.24) is 16.0 Å². The van der Waals surface area contributed by atoms with Crippen molar-refractivity contribution in [3.63, 3.8) is 0 Å². The predicted octanol–water partition coefficient (Wildman–Crippen LogP) is -0.0850. The van der Waals surface area contributed by atoms with Crippen LogP contribution in [0.1, 0.15) is 12.8 Å². The molecule has 0 aromatic rings. The topological polar surface area (TPSA) is 53.2 Å². The van der Waals surface area contributed by atoms with Crippen molar-refractivity contribution in [2.75, 3.05) is 26.7 Å². The molecule has 0 aliphatic carbocycles. The molecule has 1 aliphatic rings. The Hall–Kier alpha value is -0.770. The van der Waals surface area contributed by atoms with Gasteiger partial charge in [0.1, 0.15) is 0 Å². The largest absolute Gasteiger partial charge is 0.341 e. The summed E-state index contributed by atoms with van der Waals surface area (Å²) in [4.78, 5) is 10.7. The molecule has 4 nitrogen and oxygen atoms in total. The van der Waals surface area contributed by atoms with E-state index in [2.05, 4.69) is 16.0 Å². The first-order chi connectivity index (χ1) is 5.83. The van der Waals surface area contributed by atoms with Crippen molar-refractivity contribution in [3.05, 3.63) is 0 Å². The zero-order valence-corrected chi connectivity index (χ0v) is 7.52. The Morgan fingerprint density at radius 2 is 2.33 bits per heavy atom. The second kappa shape index (κ2) is 4.98. The molecular formula is C8H17N3O. The van der Waals surface area contributed by atoms with Crippen molar-refractivity contribution in [2.45, 2.75) is 12.8 Å². The van der Waals surface area contributed by atoms with Crippen molar-refractivity contribution in [2.24, 2.45) is 5.92 Å². The molecule has 1 rings (SSSR count). The van der Waals surface area contributed by atoms with Gasteiger partial charge in [-0.3, -0.25) is 0 Å². The van der Waals surface area contributed by atoms with Gasteiger partial charge in [0.25, 0.3) is 0 Å². The Bertz CT molecular complexity index is 145. The van der Waals surface area contributed by atoms with E-state index < -0.39 is 0 Å². The summed E-state index contributed by atoms with van der Waals surface area (Å²) in [6, 6.07) is -0.0817. The van der Waals surface area contributed by atoms with Crippen LogP contribution in [-0.2, 0) is 0 Å². The highest BCUT2D eigenvalue weighted by Crippen LogP contribution is 2.09. The molecule has 0 unspecified atom stereocenters. The Kier molecular flexibility index (Phi) is 3.87. The first kappa shape index (κ1) is 9.32. The summed E-state index contributed by atoms with van der Waals surface area (Å²) in [6.07, 6.45) is 2.30. The molecule has 2 amide bonds.